The highest BCUT2D eigenvalue weighted by Crippen LogP contribution is 2.39. The van der Waals surface area contributed by atoms with Crippen molar-refractivity contribution < 1.29 is 19.1 Å². The molecule has 0 saturated carbocycles. The van der Waals surface area contributed by atoms with Crippen molar-refractivity contribution in [3.8, 4) is 11.5 Å². The van der Waals surface area contributed by atoms with E-state index in [9.17, 15) is 4.79 Å². The number of anilines is 2. The smallest absolute Gasteiger partial charge is 0.255 e. The molecule has 0 unspecified atom stereocenters. The molecule has 2 heterocycles. The molecule has 2 aromatic carbocycles. The van der Waals surface area contributed by atoms with Gasteiger partial charge in [0.05, 0.1) is 11.4 Å². The number of hydrazone groups is 1. The lowest BCUT2D eigenvalue weighted by Gasteiger charge is -2.27. The van der Waals surface area contributed by atoms with Gasteiger partial charge in [-0.25, -0.2) is 5.01 Å². The molecule has 2 aliphatic rings. The first-order valence-corrected chi connectivity index (χ1v) is 12.2. The van der Waals surface area contributed by atoms with Crippen LogP contribution in [0.1, 0.15) is 55.1 Å². The Labute approximate surface area is 217 Å². The predicted molar refractivity (Wildman–Crippen MR) is 147 cm³/mol. The van der Waals surface area contributed by atoms with E-state index >= 15 is 0 Å². The molecule has 0 spiro atoms. The standard InChI is InChI=1S/C25H22N4O3.C3H8.CH2O/c1-2-27-29(20-8-9-23-24(15-20)32-16-31-23)22-5-3-4-17-6-7-19(14-21(17)22)28-25(30)18-10-12-26-13-11-18;1-3-2;1-2/h2,5-15H,3-4,16H2,1H3,(H,28,30);3H2,1-2H3;1H2/b27-2+;;. The molecule has 3 aromatic rings. The number of amides is 1. The van der Waals surface area contributed by atoms with Gasteiger partial charge in [0.2, 0.25) is 6.79 Å². The number of hydrogen-bond acceptors (Lipinski definition) is 7. The first kappa shape index (κ1) is 27.1. The van der Waals surface area contributed by atoms with E-state index in [4.69, 9.17) is 14.3 Å². The van der Waals surface area contributed by atoms with E-state index in [0.717, 1.165) is 41.2 Å². The van der Waals surface area contributed by atoms with Crippen molar-refractivity contribution >= 4 is 36.0 Å². The van der Waals surface area contributed by atoms with Gasteiger partial charge < -0.3 is 19.6 Å². The molecule has 1 aliphatic carbocycles. The van der Waals surface area contributed by atoms with Crippen molar-refractivity contribution in [2.75, 3.05) is 17.1 Å². The van der Waals surface area contributed by atoms with E-state index in [0.29, 0.717) is 11.3 Å². The monoisotopic (exact) mass is 500 g/mol. The molecular formula is C29H32N4O4. The predicted octanol–water partition coefficient (Wildman–Crippen LogP) is 6.09. The summed E-state index contributed by atoms with van der Waals surface area (Å²) in [6.45, 7) is 8.36. The summed E-state index contributed by atoms with van der Waals surface area (Å²) >= 11 is 0. The maximum atomic E-state index is 12.6. The second kappa shape index (κ2) is 13.6. The Morgan fingerprint density at radius 1 is 1.08 bits per heavy atom. The largest absolute Gasteiger partial charge is 0.454 e. The molecular weight excluding hydrogens is 468 g/mol. The van der Waals surface area contributed by atoms with Gasteiger partial charge in [-0.05, 0) is 61.7 Å². The topological polar surface area (TPSA) is 93.1 Å². The van der Waals surface area contributed by atoms with Gasteiger partial charge in [0.1, 0.15) is 6.79 Å². The van der Waals surface area contributed by atoms with Crippen molar-refractivity contribution in [1.82, 2.24) is 4.98 Å². The van der Waals surface area contributed by atoms with Crippen LogP contribution in [0.25, 0.3) is 5.70 Å². The molecule has 8 heteroatoms. The van der Waals surface area contributed by atoms with Gasteiger partial charge >= 0.3 is 0 Å². The van der Waals surface area contributed by atoms with Crippen LogP contribution in [0.2, 0.25) is 0 Å². The third-order valence-corrected chi connectivity index (χ3v) is 5.40. The molecule has 37 heavy (non-hydrogen) atoms. The quantitative estimate of drug-likeness (QED) is 0.336. The highest BCUT2D eigenvalue weighted by molar-refractivity contribution is 6.04. The van der Waals surface area contributed by atoms with E-state index in [2.05, 4.69) is 41.4 Å². The van der Waals surface area contributed by atoms with Crippen LogP contribution in [0.4, 0.5) is 11.4 Å². The van der Waals surface area contributed by atoms with Gasteiger partial charge in [-0.15, -0.1) is 0 Å². The van der Waals surface area contributed by atoms with Crippen LogP contribution in [0.5, 0.6) is 11.5 Å². The van der Waals surface area contributed by atoms with Crippen LogP contribution in [0.15, 0.2) is 72.1 Å². The number of carbonyl (C=O) groups is 2. The van der Waals surface area contributed by atoms with Gasteiger partial charge in [-0.1, -0.05) is 32.4 Å². The van der Waals surface area contributed by atoms with Crippen molar-refractivity contribution in [3.63, 3.8) is 0 Å². The maximum absolute atomic E-state index is 12.6. The number of nitrogens with zero attached hydrogens (tertiary/aromatic N) is 3. The number of rotatable bonds is 5. The van der Waals surface area contributed by atoms with Gasteiger partial charge in [-0.3, -0.25) is 9.78 Å². The number of ether oxygens (including phenoxy) is 2. The summed E-state index contributed by atoms with van der Waals surface area (Å²) in [5.74, 6) is 1.26. The molecule has 1 aliphatic heterocycles. The minimum atomic E-state index is -0.173. The van der Waals surface area contributed by atoms with E-state index < -0.39 is 0 Å². The Morgan fingerprint density at radius 3 is 2.54 bits per heavy atom. The van der Waals surface area contributed by atoms with Crippen LogP contribution in [-0.4, -0.2) is 30.7 Å². The highest BCUT2D eigenvalue weighted by Gasteiger charge is 2.22. The number of aromatic nitrogens is 1. The molecule has 0 radical (unpaired) electrons. The minimum absolute atomic E-state index is 0.173. The normalized spacial score (nSPS) is 12.8. The summed E-state index contributed by atoms with van der Waals surface area (Å²) in [7, 11) is 0. The Balaban J connectivity index is 0.000000711. The number of pyridine rings is 1. The molecule has 0 saturated heterocycles. The first-order chi connectivity index (χ1) is 18.1. The number of nitrogens with one attached hydrogen (secondary N) is 1. The molecule has 0 bridgehead atoms. The summed E-state index contributed by atoms with van der Waals surface area (Å²) < 4.78 is 11.0. The van der Waals surface area contributed by atoms with Crippen LogP contribution in [0, 0.1) is 0 Å². The molecule has 1 aromatic heterocycles. The minimum Gasteiger partial charge on any atom is -0.454 e. The molecule has 1 amide bonds. The maximum Gasteiger partial charge on any atom is 0.255 e. The zero-order valence-electron chi connectivity index (χ0n) is 21.4. The van der Waals surface area contributed by atoms with E-state index in [1.807, 2.05) is 49.1 Å². The molecule has 192 valence electrons. The highest BCUT2D eigenvalue weighted by atomic mass is 16.7. The molecule has 8 nitrogen and oxygen atoms in total. The van der Waals surface area contributed by atoms with Crippen LogP contribution >= 0.6 is 0 Å². The fourth-order valence-electron chi connectivity index (χ4n) is 3.89. The van der Waals surface area contributed by atoms with Crippen LogP contribution in [-0.2, 0) is 11.2 Å². The Morgan fingerprint density at radius 2 is 1.81 bits per heavy atom. The van der Waals surface area contributed by atoms with E-state index in [1.165, 1.54) is 12.0 Å². The third kappa shape index (κ3) is 6.61. The number of benzene rings is 2. The Hall–Kier alpha value is -4.46. The average molecular weight is 501 g/mol. The van der Waals surface area contributed by atoms with Gasteiger partial charge in [0.25, 0.3) is 5.91 Å². The van der Waals surface area contributed by atoms with Gasteiger partial charge in [-0.2, -0.15) is 5.10 Å². The number of hydrogen-bond donors (Lipinski definition) is 1. The number of fused-ring (bicyclic) bond motifs is 2. The average Bonchev–Trinajstić information content (AvgIpc) is 3.42. The van der Waals surface area contributed by atoms with Crippen LogP contribution < -0.4 is 19.8 Å². The fraction of sp³-hybridized carbons (Fsp3) is 0.241. The molecule has 5 rings (SSSR count). The van der Waals surface area contributed by atoms with Crippen molar-refractivity contribution in [2.24, 2.45) is 5.10 Å². The van der Waals surface area contributed by atoms with Gasteiger partial charge in [0, 0.05) is 41.5 Å². The third-order valence-electron chi connectivity index (χ3n) is 5.40. The number of aryl methyl sites for hydroxylation is 1. The summed E-state index contributed by atoms with van der Waals surface area (Å²) in [6, 6.07) is 15.2. The Kier molecular flexibility index (Phi) is 9.96. The van der Waals surface area contributed by atoms with Crippen LogP contribution in [0.3, 0.4) is 0 Å². The lowest BCUT2D eigenvalue weighted by atomic mass is 9.93. The molecule has 0 atom stereocenters. The van der Waals surface area contributed by atoms with Crippen molar-refractivity contribution in [1.29, 1.82) is 0 Å². The lowest BCUT2D eigenvalue weighted by Crippen LogP contribution is -2.19. The van der Waals surface area contributed by atoms with Gasteiger partial charge in [0.15, 0.2) is 11.5 Å². The second-order valence-corrected chi connectivity index (χ2v) is 8.12. The lowest BCUT2D eigenvalue weighted by molar-refractivity contribution is -0.0980. The molecule has 0 fully saturated rings. The summed E-state index contributed by atoms with van der Waals surface area (Å²) in [5.41, 5.74) is 5.37. The zero-order chi connectivity index (χ0) is 26.6. The van der Waals surface area contributed by atoms with E-state index in [-0.39, 0.29) is 12.7 Å². The summed E-state index contributed by atoms with van der Waals surface area (Å²) in [4.78, 5) is 24.6. The van der Waals surface area contributed by atoms with E-state index in [1.54, 1.807) is 30.7 Å². The number of allylic oxidation sites excluding steroid dienone is 1. The van der Waals surface area contributed by atoms with Crippen molar-refractivity contribution in [2.45, 2.75) is 40.0 Å². The summed E-state index contributed by atoms with van der Waals surface area (Å²) in [6.07, 6.45) is 10.2. The zero-order valence-corrected chi connectivity index (χ0v) is 21.4. The number of carbonyl (C=O) groups excluding carboxylic acids is 2. The SMILES string of the molecule is C/C=N/N(C1=CCCc2ccc(NC(=O)c3ccncc3)cc21)c1ccc2c(c1)OCO2.C=O.CCC. The first-order valence-electron chi connectivity index (χ1n) is 12.2. The van der Waals surface area contributed by atoms with Crippen molar-refractivity contribution in [3.05, 3.63) is 83.7 Å². The summed E-state index contributed by atoms with van der Waals surface area (Å²) in [5, 5.41) is 9.51. The fourth-order valence-corrected chi connectivity index (χ4v) is 3.89. The molecule has 1 N–H and O–H groups in total. The Bertz CT molecular complexity index is 1260. The second-order valence-electron chi connectivity index (χ2n) is 8.12.